The van der Waals surface area contributed by atoms with Gasteiger partial charge in [0.25, 0.3) is 0 Å². The minimum atomic E-state index is -0.801. The van der Waals surface area contributed by atoms with E-state index in [4.69, 9.17) is 10.5 Å². The first-order valence-electron chi connectivity index (χ1n) is 5.35. The molecule has 0 bridgehead atoms. The molecule has 4 nitrogen and oxygen atoms in total. The third kappa shape index (κ3) is 2.71. The predicted molar refractivity (Wildman–Crippen MR) is 62.3 cm³/mol. The molecule has 0 atom stereocenters. The Kier molecular flexibility index (Phi) is 3.36. The van der Waals surface area contributed by atoms with E-state index in [0.29, 0.717) is 12.2 Å². The van der Waals surface area contributed by atoms with Crippen LogP contribution in [0.4, 0.5) is 14.6 Å². The fraction of sp³-hybridized carbons (Fsp3) is 0.167. The second kappa shape index (κ2) is 4.95. The van der Waals surface area contributed by atoms with Crippen molar-refractivity contribution in [2.75, 3.05) is 5.73 Å². The summed E-state index contributed by atoms with van der Waals surface area (Å²) in [6.07, 6.45) is 0.577. The molecule has 0 aliphatic rings. The summed E-state index contributed by atoms with van der Waals surface area (Å²) in [6, 6.07) is 4.40. The van der Waals surface area contributed by atoms with Crippen molar-refractivity contribution in [3.8, 4) is 11.6 Å². The Hall–Kier alpha value is -2.24. The standard InChI is InChI=1S/C12H11F2N3O/c1-2-11-16-10(15)6-12(17-11)18-9-4-3-7(13)5-8(9)14/h3-6H,2H2,1H3,(H2,15,16,17). The fourth-order valence-electron chi connectivity index (χ4n) is 1.37. The molecular weight excluding hydrogens is 240 g/mol. The SMILES string of the molecule is CCc1nc(N)cc(Oc2ccc(F)cc2F)n1. The molecule has 18 heavy (non-hydrogen) atoms. The zero-order chi connectivity index (χ0) is 13.1. The van der Waals surface area contributed by atoms with Crippen molar-refractivity contribution in [3.63, 3.8) is 0 Å². The summed E-state index contributed by atoms with van der Waals surface area (Å²) in [4.78, 5) is 8.00. The number of aryl methyl sites for hydroxylation is 1. The Bertz CT molecular complexity index is 575. The number of aromatic nitrogens is 2. The lowest BCUT2D eigenvalue weighted by Crippen LogP contribution is -2.01. The van der Waals surface area contributed by atoms with E-state index in [0.717, 1.165) is 12.1 Å². The average molecular weight is 251 g/mol. The summed E-state index contributed by atoms with van der Waals surface area (Å²) in [5.74, 6) is -0.727. The van der Waals surface area contributed by atoms with Crippen molar-refractivity contribution in [1.82, 2.24) is 9.97 Å². The van der Waals surface area contributed by atoms with Gasteiger partial charge in [-0.25, -0.2) is 13.8 Å². The lowest BCUT2D eigenvalue weighted by molar-refractivity contribution is 0.421. The molecule has 0 aliphatic carbocycles. The van der Waals surface area contributed by atoms with Gasteiger partial charge in [0, 0.05) is 18.6 Å². The van der Waals surface area contributed by atoms with E-state index in [-0.39, 0.29) is 17.4 Å². The van der Waals surface area contributed by atoms with E-state index in [1.54, 1.807) is 0 Å². The molecule has 1 aromatic carbocycles. The molecule has 0 fully saturated rings. The van der Waals surface area contributed by atoms with Crippen molar-refractivity contribution in [3.05, 3.63) is 41.7 Å². The molecule has 0 aliphatic heterocycles. The number of nitrogens with zero attached hydrogens (tertiary/aromatic N) is 2. The van der Waals surface area contributed by atoms with Crippen LogP contribution in [0.1, 0.15) is 12.7 Å². The molecule has 0 spiro atoms. The number of hydrogen-bond donors (Lipinski definition) is 1. The van der Waals surface area contributed by atoms with Crippen molar-refractivity contribution in [2.24, 2.45) is 0 Å². The largest absolute Gasteiger partial charge is 0.436 e. The van der Waals surface area contributed by atoms with Gasteiger partial charge in [-0.1, -0.05) is 6.92 Å². The van der Waals surface area contributed by atoms with Crippen LogP contribution in [-0.4, -0.2) is 9.97 Å². The highest BCUT2D eigenvalue weighted by Gasteiger charge is 2.08. The van der Waals surface area contributed by atoms with E-state index in [2.05, 4.69) is 9.97 Å². The van der Waals surface area contributed by atoms with E-state index in [1.807, 2.05) is 6.92 Å². The number of halogens is 2. The monoisotopic (exact) mass is 251 g/mol. The molecule has 6 heteroatoms. The third-order valence-electron chi connectivity index (χ3n) is 2.19. The smallest absolute Gasteiger partial charge is 0.224 e. The summed E-state index contributed by atoms with van der Waals surface area (Å²) in [5.41, 5.74) is 5.57. The van der Waals surface area contributed by atoms with Crippen LogP contribution in [0.25, 0.3) is 0 Å². The van der Waals surface area contributed by atoms with Gasteiger partial charge < -0.3 is 10.5 Å². The summed E-state index contributed by atoms with van der Waals surface area (Å²) in [7, 11) is 0. The second-order valence-electron chi connectivity index (χ2n) is 3.58. The molecule has 0 saturated carbocycles. The molecule has 1 aromatic heterocycles. The third-order valence-corrected chi connectivity index (χ3v) is 2.19. The van der Waals surface area contributed by atoms with Crippen molar-refractivity contribution < 1.29 is 13.5 Å². The predicted octanol–water partition coefficient (Wildman–Crippen LogP) is 2.69. The molecule has 94 valence electrons. The quantitative estimate of drug-likeness (QED) is 0.911. The van der Waals surface area contributed by atoms with E-state index in [1.165, 1.54) is 12.1 Å². The van der Waals surface area contributed by atoms with E-state index in [9.17, 15) is 8.78 Å². The molecule has 0 radical (unpaired) electrons. The van der Waals surface area contributed by atoms with Gasteiger partial charge in [-0.3, -0.25) is 0 Å². The molecule has 0 amide bonds. The minimum Gasteiger partial charge on any atom is -0.436 e. The summed E-state index contributed by atoms with van der Waals surface area (Å²) < 4.78 is 31.3. The van der Waals surface area contributed by atoms with Gasteiger partial charge in [0.05, 0.1) is 0 Å². The number of anilines is 1. The zero-order valence-corrected chi connectivity index (χ0v) is 9.65. The first-order valence-corrected chi connectivity index (χ1v) is 5.35. The van der Waals surface area contributed by atoms with Crippen LogP contribution in [0, 0.1) is 11.6 Å². The average Bonchev–Trinajstić information content (AvgIpc) is 2.32. The zero-order valence-electron chi connectivity index (χ0n) is 9.65. The highest BCUT2D eigenvalue weighted by Crippen LogP contribution is 2.24. The molecule has 1 heterocycles. The second-order valence-corrected chi connectivity index (χ2v) is 3.58. The number of ether oxygens (including phenoxy) is 1. The van der Waals surface area contributed by atoms with Crippen molar-refractivity contribution >= 4 is 5.82 Å². The van der Waals surface area contributed by atoms with Crippen LogP contribution < -0.4 is 10.5 Å². The maximum atomic E-state index is 13.4. The Morgan fingerprint density at radius 3 is 2.67 bits per heavy atom. The van der Waals surface area contributed by atoms with Gasteiger partial charge in [0.15, 0.2) is 11.6 Å². The first-order chi connectivity index (χ1) is 8.58. The van der Waals surface area contributed by atoms with Crippen LogP contribution in [0.2, 0.25) is 0 Å². The Labute approximate surface area is 102 Å². The minimum absolute atomic E-state index is 0.114. The van der Waals surface area contributed by atoms with Gasteiger partial charge >= 0.3 is 0 Å². The van der Waals surface area contributed by atoms with Crippen LogP contribution >= 0.6 is 0 Å². The van der Waals surface area contributed by atoms with Crippen LogP contribution in [0.3, 0.4) is 0 Å². The van der Waals surface area contributed by atoms with E-state index < -0.39 is 11.6 Å². The molecule has 2 N–H and O–H groups in total. The topological polar surface area (TPSA) is 61.0 Å². The van der Waals surface area contributed by atoms with Gasteiger partial charge in [-0.05, 0) is 12.1 Å². The van der Waals surface area contributed by atoms with Crippen LogP contribution in [0.5, 0.6) is 11.6 Å². The number of benzene rings is 1. The Balaban J connectivity index is 2.30. The molecular formula is C12H11F2N3O. The summed E-state index contributed by atoms with van der Waals surface area (Å²) in [6.45, 7) is 1.86. The molecule has 0 unspecified atom stereocenters. The number of hydrogen-bond acceptors (Lipinski definition) is 4. The molecule has 2 aromatic rings. The fourth-order valence-corrected chi connectivity index (χ4v) is 1.37. The van der Waals surface area contributed by atoms with Gasteiger partial charge in [-0.15, -0.1) is 0 Å². The Morgan fingerprint density at radius 1 is 1.22 bits per heavy atom. The highest BCUT2D eigenvalue weighted by atomic mass is 19.1. The summed E-state index contributed by atoms with van der Waals surface area (Å²) >= 11 is 0. The molecule has 2 rings (SSSR count). The van der Waals surface area contributed by atoms with Crippen molar-refractivity contribution in [1.29, 1.82) is 0 Å². The number of nitrogens with two attached hydrogens (primary N) is 1. The van der Waals surface area contributed by atoms with Crippen molar-refractivity contribution in [2.45, 2.75) is 13.3 Å². The lowest BCUT2D eigenvalue weighted by atomic mass is 10.3. The maximum Gasteiger partial charge on any atom is 0.224 e. The lowest BCUT2D eigenvalue weighted by Gasteiger charge is -2.07. The first kappa shape index (κ1) is 12.2. The maximum absolute atomic E-state index is 13.4. The van der Waals surface area contributed by atoms with E-state index >= 15 is 0 Å². The normalized spacial score (nSPS) is 10.4. The number of nitrogen functional groups attached to an aromatic ring is 1. The summed E-state index contributed by atoms with van der Waals surface area (Å²) in [5, 5.41) is 0. The Morgan fingerprint density at radius 2 is 2.00 bits per heavy atom. The highest BCUT2D eigenvalue weighted by molar-refractivity contribution is 5.36. The molecule has 0 saturated heterocycles. The van der Waals surface area contributed by atoms with Crippen LogP contribution in [-0.2, 0) is 6.42 Å². The van der Waals surface area contributed by atoms with Gasteiger partial charge in [-0.2, -0.15) is 4.98 Å². The van der Waals surface area contributed by atoms with Gasteiger partial charge in [0.1, 0.15) is 17.5 Å². The van der Waals surface area contributed by atoms with Gasteiger partial charge in [0.2, 0.25) is 5.88 Å². The number of rotatable bonds is 3. The van der Waals surface area contributed by atoms with Crippen LogP contribution in [0.15, 0.2) is 24.3 Å².